The molecular formula is C14H13N3O2S3. The molecule has 0 fully saturated rings. The van der Waals surface area contributed by atoms with Crippen molar-refractivity contribution in [3.05, 3.63) is 43.9 Å². The van der Waals surface area contributed by atoms with E-state index in [0.717, 1.165) is 20.5 Å². The van der Waals surface area contributed by atoms with E-state index in [9.17, 15) is 4.79 Å². The number of carbonyl (C=O) groups is 1. The molecule has 0 aliphatic heterocycles. The first kappa shape index (κ1) is 15.4. The van der Waals surface area contributed by atoms with Gasteiger partial charge < -0.3 is 4.42 Å². The Morgan fingerprint density at radius 1 is 1.32 bits per heavy atom. The van der Waals surface area contributed by atoms with Crippen LogP contribution in [0.3, 0.4) is 0 Å². The number of thioether (sulfide) groups is 1. The first-order valence-corrected chi connectivity index (χ1v) is 9.24. The highest BCUT2D eigenvalue weighted by Gasteiger charge is 2.13. The lowest BCUT2D eigenvalue weighted by atomic mass is 10.3. The third-order valence-electron chi connectivity index (χ3n) is 2.79. The summed E-state index contributed by atoms with van der Waals surface area (Å²) in [5.41, 5.74) is 0.924. The second kappa shape index (κ2) is 6.72. The van der Waals surface area contributed by atoms with Gasteiger partial charge in [-0.1, -0.05) is 11.8 Å². The number of Topliss-reactive ketones (excluding diaryl/α,β-unsaturated/α-hetero) is 1. The highest BCUT2D eigenvalue weighted by Crippen LogP contribution is 2.22. The normalized spacial score (nSPS) is 11.0. The van der Waals surface area contributed by atoms with Gasteiger partial charge in [-0.3, -0.25) is 4.79 Å². The van der Waals surface area contributed by atoms with Crippen LogP contribution in [0.15, 0.2) is 27.2 Å². The summed E-state index contributed by atoms with van der Waals surface area (Å²) in [7, 11) is 0. The van der Waals surface area contributed by atoms with Gasteiger partial charge in [-0.25, -0.2) is 4.98 Å². The van der Waals surface area contributed by atoms with Gasteiger partial charge in [0.05, 0.1) is 27.8 Å². The molecule has 3 rings (SSSR count). The molecule has 0 saturated carbocycles. The van der Waals surface area contributed by atoms with Gasteiger partial charge >= 0.3 is 0 Å². The molecule has 0 saturated heterocycles. The standard InChI is InChI=1S/C14H13N3O2S3/c1-8-3-4-12(22-8)11(18)7-21-14-17-16-13(19-14)5-10-6-20-9(2)15-10/h3-4,6H,5,7H2,1-2H3. The molecular weight excluding hydrogens is 338 g/mol. The predicted octanol–water partition coefficient (Wildman–Crippen LogP) is 3.77. The maximum Gasteiger partial charge on any atom is 0.277 e. The van der Waals surface area contributed by atoms with Gasteiger partial charge in [0.2, 0.25) is 5.89 Å². The van der Waals surface area contributed by atoms with Gasteiger partial charge in [-0.15, -0.1) is 32.9 Å². The van der Waals surface area contributed by atoms with E-state index < -0.39 is 0 Å². The highest BCUT2D eigenvalue weighted by molar-refractivity contribution is 7.99. The summed E-state index contributed by atoms with van der Waals surface area (Å²) < 4.78 is 5.54. The van der Waals surface area contributed by atoms with Gasteiger partial charge in [-0.2, -0.15) is 0 Å². The van der Waals surface area contributed by atoms with E-state index in [-0.39, 0.29) is 5.78 Å². The fourth-order valence-corrected chi connectivity index (χ4v) is 3.97. The minimum absolute atomic E-state index is 0.0815. The number of thiophene rings is 1. The Hall–Kier alpha value is -1.51. The Labute approximate surface area is 139 Å². The number of hydrogen-bond acceptors (Lipinski definition) is 8. The average Bonchev–Trinajstić information content (AvgIpc) is 3.19. The zero-order valence-electron chi connectivity index (χ0n) is 12.0. The minimum atomic E-state index is 0.0815. The van der Waals surface area contributed by atoms with E-state index in [4.69, 9.17) is 4.42 Å². The van der Waals surface area contributed by atoms with Crippen molar-refractivity contribution in [1.29, 1.82) is 0 Å². The lowest BCUT2D eigenvalue weighted by Gasteiger charge is -1.94. The number of aryl methyl sites for hydroxylation is 2. The number of ketones is 1. The largest absolute Gasteiger partial charge is 0.416 e. The van der Waals surface area contributed by atoms with Gasteiger partial charge in [-0.05, 0) is 26.0 Å². The summed E-state index contributed by atoms with van der Waals surface area (Å²) in [4.78, 5) is 18.3. The smallest absolute Gasteiger partial charge is 0.277 e. The quantitative estimate of drug-likeness (QED) is 0.497. The molecule has 5 nitrogen and oxygen atoms in total. The van der Waals surface area contributed by atoms with E-state index in [1.54, 1.807) is 11.3 Å². The first-order valence-electron chi connectivity index (χ1n) is 6.56. The summed E-state index contributed by atoms with van der Waals surface area (Å²) in [5.74, 6) is 0.905. The van der Waals surface area contributed by atoms with E-state index in [2.05, 4.69) is 15.2 Å². The van der Waals surface area contributed by atoms with Crippen LogP contribution in [0.5, 0.6) is 0 Å². The van der Waals surface area contributed by atoms with E-state index >= 15 is 0 Å². The number of rotatable bonds is 6. The molecule has 0 aliphatic rings. The molecule has 0 N–H and O–H groups in total. The molecule has 0 amide bonds. The summed E-state index contributed by atoms with van der Waals surface area (Å²) in [6.07, 6.45) is 0.524. The van der Waals surface area contributed by atoms with Gasteiger partial charge in [0, 0.05) is 10.3 Å². The van der Waals surface area contributed by atoms with Crippen molar-refractivity contribution in [1.82, 2.24) is 15.2 Å². The van der Waals surface area contributed by atoms with Crippen molar-refractivity contribution in [3.63, 3.8) is 0 Å². The van der Waals surface area contributed by atoms with E-state index in [0.29, 0.717) is 23.3 Å². The lowest BCUT2D eigenvalue weighted by molar-refractivity contribution is 0.102. The molecule has 0 bridgehead atoms. The SMILES string of the molecule is Cc1ccc(C(=O)CSc2nnc(Cc3csc(C)n3)o2)s1. The number of hydrogen-bond donors (Lipinski definition) is 0. The molecule has 3 heterocycles. The van der Waals surface area contributed by atoms with Crippen LogP contribution in [-0.2, 0) is 6.42 Å². The molecule has 3 aromatic rings. The molecule has 22 heavy (non-hydrogen) atoms. The van der Waals surface area contributed by atoms with Crippen LogP contribution < -0.4 is 0 Å². The highest BCUT2D eigenvalue weighted by atomic mass is 32.2. The third-order valence-corrected chi connectivity index (χ3v) is 5.47. The van der Waals surface area contributed by atoms with Crippen molar-refractivity contribution >= 4 is 40.2 Å². The van der Waals surface area contributed by atoms with Crippen LogP contribution in [0, 0.1) is 13.8 Å². The Morgan fingerprint density at radius 3 is 2.86 bits per heavy atom. The predicted molar refractivity (Wildman–Crippen MR) is 88.1 cm³/mol. The number of aromatic nitrogens is 3. The summed E-state index contributed by atoms with van der Waals surface area (Å²) in [6, 6.07) is 3.80. The second-order valence-electron chi connectivity index (χ2n) is 4.62. The van der Waals surface area contributed by atoms with Gasteiger partial charge in [0.15, 0.2) is 5.78 Å². The summed E-state index contributed by atoms with van der Waals surface area (Å²) in [5, 5.41) is 11.4. The molecule has 0 radical (unpaired) electrons. The number of carbonyl (C=O) groups excluding carboxylic acids is 1. The Kier molecular flexibility index (Phi) is 4.70. The molecule has 0 spiro atoms. The van der Waals surface area contributed by atoms with Crippen LogP contribution in [0.2, 0.25) is 0 Å². The van der Waals surface area contributed by atoms with Crippen LogP contribution in [-0.4, -0.2) is 26.7 Å². The van der Waals surface area contributed by atoms with Gasteiger partial charge in [0.1, 0.15) is 0 Å². The molecule has 0 aliphatic carbocycles. The zero-order chi connectivity index (χ0) is 15.5. The minimum Gasteiger partial charge on any atom is -0.416 e. The fourth-order valence-electron chi connectivity index (χ4n) is 1.80. The number of thiazole rings is 1. The average molecular weight is 351 g/mol. The molecule has 0 aromatic carbocycles. The monoisotopic (exact) mass is 351 g/mol. The molecule has 0 atom stereocenters. The van der Waals surface area contributed by atoms with Crippen molar-refractivity contribution in [3.8, 4) is 0 Å². The zero-order valence-corrected chi connectivity index (χ0v) is 14.5. The van der Waals surface area contributed by atoms with Crippen LogP contribution in [0.4, 0.5) is 0 Å². The van der Waals surface area contributed by atoms with Crippen molar-refractivity contribution in [2.75, 3.05) is 5.75 Å². The lowest BCUT2D eigenvalue weighted by Crippen LogP contribution is -1.99. The molecule has 0 unspecified atom stereocenters. The van der Waals surface area contributed by atoms with Crippen LogP contribution in [0.25, 0.3) is 0 Å². The summed E-state index contributed by atoms with van der Waals surface area (Å²) in [6.45, 7) is 3.94. The third kappa shape index (κ3) is 3.82. The molecule has 114 valence electrons. The Balaban J connectivity index is 1.56. The van der Waals surface area contributed by atoms with E-state index in [1.165, 1.54) is 23.1 Å². The maximum absolute atomic E-state index is 12.0. The van der Waals surface area contributed by atoms with Crippen molar-refractivity contribution in [2.24, 2.45) is 0 Å². The van der Waals surface area contributed by atoms with Crippen LogP contribution >= 0.6 is 34.4 Å². The fraction of sp³-hybridized carbons (Fsp3) is 0.286. The molecule has 8 heteroatoms. The van der Waals surface area contributed by atoms with Crippen molar-refractivity contribution in [2.45, 2.75) is 25.5 Å². The Bertz CT molecular complexity index is 791. The summed E-state index contributed by atoms with van der Waals surface area (Å²) >= 11 is 4.37. The van der Waals surface area contributed by atoms with E-state index in [1.807, 2.05) is 31.4 Å². The van der Waals surface area contributed by atoms with Crippen LogP contribution in [0.1, 0.15) is 31.1 Å². The van der Waals surface area contributed by atoms with Gasteiger partial charge in [0.25, 0.3) is 5.22 Å². The first-order chi connectivity index (χ1) is 10.6. The molecule has 3 aromatic heterocycles. The number of nitrogens with zero attached hydrogens (tertiary/aromatic N) is 3. The Morgan fingerprint density at radius 2 is 2.18 bits per heavy atom. The van der Waals surface area contributed by atoms with Crippen molar-refractivity contribution < 1.29 is 9.21 Å². The topological polar surface area (TPSA) is 68.9 Å². The maximum atomic E-state index is 12.0. The second-order valence-corrected chi connectivity index (χ2v) is 7.90.